The lowest BCUT2D eigenvalue weighted by molar-refractivity contribution is 0.154. The molecule has 2 nitrogen and oxygen atoms in total. The fourth-order valence-corrected chi connectivity index (χ4v) is 3.10. The Morgan fingerprint density at radius 2 is 1.90 bits per heavy atom. The van der Waals surface area contributed by atoms with Gasteiger partial charge in [0.15, 0.2) is 0 Å². The lowest BCUT2D eigenvalue weighted by Gasteiger charge is -2.35. The number of hydrogen-bond donors (Lipinski definition) is 1. The standard InChI is InChI=1S/C16H22F2N2.ClH/c1-11-2-5-13(17)15(16(11)18)14(10-12-3-4-12)20-8-6-19-7-9-20;/h2,5,12,14,19H,3-4,6-10H2,1H3;1H/t14-;/m1./s1. The zero-order chi connectivity index (χ0) is 14.1. The van der Waals surface area contributed by atoms with Crippen LogP contribution < -0.4 is 5.32 Å². The molecule has 1 aromatic rings. The van der Waals surface area contributed by atoms with Crippen LogP contribution in [0.1, 0.15) is 36.4 Å². The van der Waals surface area contributed by atoms with Crippen molar-refractivity contribution in [2.75, 3.05) is 26.2 Å². The van der Waals surface area contributed by atoms with Gasteiger partial charge in [0.05, 0.1) is 0 Å². The number of rotatable bonds is 4. The van der Waals surface area contributed by atoms with Gasteiger partial charge < -0.3 is 5.32 Å². The number of benzene rings is 1. The number of nitrogens with zero attached hydrogens (tertiary/aromatic N) is 1. The zero-order valence-corrected chi connectivity index (χ0v) is 13.2. The van der Waals surface area contributed by atoms with Crippen LogP contribution in [0.4, 0.5) is 8.78 Å². The maximum atomic E-state index is 14.5. The Balaban J connectivity index is 0.00000161. The molecule has 2 aliphatic rings. The molecule has 0 amide bonds. The van der Waals surface area contributed by atoms with Gasteiger partial charge in [-0.15, -0.1) is 12.4 Å². The molecule has 1 atom stereocenters. The fraction of sp³-hybridized carbons (Fsp3) is 0.625. The average Bonchev–Trinajstić information content (AvgIpc) is 3.27. The molecule has 0 unspecified atom stereocenters. The molecule has 21 heavy (non-hydrogen) atoms. The number of aryl methyl sites for hydroxylation is 1. The van der Waals surface area contributed by atoms with E-state index >= 15 is 0 Å². The Morgan fingerprint density at radius 3 is 2.52 bits per heavy atom. The summed E-state index contributed by atoms with van der Waals surface area (Å²) in [6.45, 7) is 5.24. The van der Waals surface area contributed by atoms with Crippen LogP contribution in [0.25, 0.3) is 0 Å². The Morgan fingerprint density at radius 1 is 1.24 bits per heavy atom. The molecule has 0 bridgehead atoms. The molecule has 0 aromatic heterocycles. The third kappa shape index (κ3) is 3.74. The van der Waals surface area contributed by atoms with Gasteiger partial charge >= 0.3 is 0 Å². The predicted octanol–water partition coefficient (Wildman–Crippen LogP) is 3.44. The van der Waals surface area contributed by atoms with E-state index < -0.39 is 5.82 Å². The Labute approximate surface area is 131 Å². The van der Waals surface area contributed by atoms with E-state index in [0.717, 1.165) is 32.6 Å². The minimum atomic E-state index is -0.391. The summed E-state index contributed by atoms with van der Waals surface area (Å²) in [5.74, 6) is -0.0966. The Kier molecular flexibility index (Phi) is 5.58. The second-order valence-corrected chi connectivity index (χ2v) is 6.07. The molecule has 1 aliphatic carbocycles. The summed E-state index contributed by atoms with van der Waals surface area (Å²) in [6, 6.07) is 2.83. The van der Waals surface area contributed by atoms with Crippen LogP contribution in [0.2, 0.25) is 0 Å². The lowest BCUT2D eigenvalue weighted by atomic mass is 9.96. The highest BCUT2D eigenvalue weighted by molar-refractivity contribution is 5.85. The summed E-state index contributed by atoms with van der Waals surface area (Å²) < 4.78 is 28.7. The van der Waals surface area contributed by atoms with Gasteiger partial charge in [-0.1, -0.05) is 18.9 Å². The quantitative estimate of drug-likeness (QED) is 0.915. The van der Waals surface area contributed by atoms with Gasteiger partial charge in [-0.2, -0.15) is 0 Å². The SMILES string of the molecule is Cc1ccc(F)c([C@@H](CC2CC2)N2CCNCC2)c1F.Cl. The van der Waals surface area contributed by atoms with Gasteiger partial charge in [0.2, 0.25) is 0 Å². The normalized spacial score (nSPS) is 20.9. The van der Waals surface area contributed by atoms with Crippen molar-refractivity contribution in [3.05, 3.63) is 34.9 Å². The minimum Gasteiger partial charge on any atom is -0.314 e. The van der Waals surface area contributed by atoms with E-state index in [1.54, 1.807) is 6.92 Å². The molecular weight excluding hydrogens is 294 g/mol. The highest BCUT2D eigenvalue weighted by Gasteiger charge is 2.33. The van der Waals surface area contributed by atoms with E-state index in [1.807, 2.05) is 0 Å². The molecule has 5 heteroatoms. The van der Waals surface area contributed by atoms with E-state index in [4.69, 9.17) is 0 Å². The second kappa shape index (κ2) is 7.03. The minimum absolute atomic E-state index is 0. The van der Waals surface area contributed by atoms with Gasteiger partial charge in [-0.3, -0.25) is 4.90 Å². The van der Waals surface area contributed by atoms with Crippen LogP contribution in [0.3, 0.4) is 0 Å². The molecule has 2 fully saturated rings. The Hall–Kier alpha value is -0.710. The monoisotopic (exact) mass is 316 g/mol. The van der Waals surface area contributed by atoms with Crippen molar-refractivity contribution in [1.29, 1.82) is 0 Å². The van der Waals surface area contributed by atoms with Crippen LogP contribution in [-0.2, 0) is 0 Å². The lowest BCUT2D eigenvalue weighted by Crippen LogP contribution is -2.45. The zero-order valence-electron chi connectivity index (χ0n) is 12.4. The molecule has 1 N–H and O–H groups in total. The van der Waals surface area contributed by atoms with Crippen molar-refractivity contribution in [3.8, 4) is 0 Å². The van der Waals surface area contributed by atoms with Crippen molar-refractivity contribution in [1.82, 2.24) is 10.2 Å². The van der Waals surface area contributed by atoms with Gasteiger partial charge in [0.1, 0.15) is 11.6 Å². The van der Waals surface area contributed by atoms with Crippen LogP contribution in [0.5, 0.6) is 0 Å². The third-order valence-electron chi connectivity index (χ3n) is 4.50. The van der Waals surface area contributed by atoms with Crippen LogP contribution in [0.15, 0.2) is 12.1 Å². The van der Waals surface area contributed by atoms with Gasteiger partial charge in [-0.05, 0) is 30.9 Å². The maximum absolute atomic E-state index is 14.5. The molecule has 118 valence electrons. The van der Waals surface area contributed by atoms with Crippen molar-refractivity contribution in [2.45, 2.75) is 32.2 Å². The highest BCUT2D eigenvalue weighted by Crippen LogP contribution is 2.41. The van der Waals surface area contributed by atoms with Crippen molar-refractivity contribution >= 4 is 12.4 Å². The van der Waals surface area contributed by atoms with E-state index in [2.05, 4.69) is 10.2 Å². The molecule has 0 spiro atoms. The average molecular weight is 317 g/mol. The van der Waals surface area contributed by atoms with E-state index in [-0.39, 0.29) is 24.3 Å². The summed E-state index contributed by atoms with van der Waals surface area (Å²) in [7, 11) is 0. The molecular formula is C16H23ClF2N2. The number of hydrogen-bond acceptors (Lipinski definition) is 2. The highest BCUT2D eigenvalue weighted by atomic mass is 35.5. The number of nitrogens with one attached hydrogen (secondary N) is 1. The van der Waals surface area contributed by atoms with Crippen LogP contribution in [-0.4, -0.2) is 31.1 Å². The fourth-order valence-electron chi connectivity index (χ4n) is 3.10. The summed E-state index contributed by atoms with van der Waals surface area (Å²) >= 11 is 0. The maximum Gasteiger partial charge on any atom is 0.133 e. The van der Waals surface area contributed by atoms with Crippen LogP contribution in [0, 0.1) is 24.5 Å². The molecule has 1 aromatic carbocycles. The Bertz CT molecular complexity index is 485. The first-order valence-electron chi connectivity index (χ1n) is 7.56. The first-order valence-corrected chi connectivity index (χ1v) is 7.56. The molecule has 0 radical (unpaired) electrons. The second-order valence-electron chi connectivity index (χ2n) is 6.07. The van der Waals surface area contributed by atoms with Gasteiger partial charge in [-0.25, -0.2) is 8.78 Å². The summed E-state index contributed by atoms with van der Waals surface area (Å²) in [5, 5.41) is 3.30. The van der Waals surface area contributed by atoms with E-state index in [0.29, 0.717) is 17.0 Å². The van der Waals surface area contributed by atoms with E-state index in [1.165, 1.54) is 25.0 Å². The van der Waals surface area contributed by atoms with Gasteiger partial charge in [0, 0.05) is 37.8 Å². The smallest absolute Gasteiger partial charge is 0.133 e. The summed E-state index contributed by atoms with van der Waals surface area (Å²) in [6.07, 6.45) is 3.30. The molecule has 1 saturated carbocycles. The van der Waals surface area contributed by atoms with Crippen molar-refractivity contribution in [3.63, 3.8) is 0 Å². The number of halogens is 3. The summed E-state index contributed by atoms with van der Waals surface area (Å²) in [4.78, 5) is 2.25. The van der Waals surface area contributed by atoms with Crippen molar-refractivity contribution < 1.29 is 8.78 Å². The van der Waals surface area contributed by atoms with Gasteiger partial charge in [0.25, 0.3) is 0 Å². The third-order valence-corrected chi connectivity index (χ3v) is 4.50. The molecule has 1 aliphatic heterocycles. The topological polar surface area (TPSA) is 15.3 Å². The molecule has 1 saturated heterocycles. The number of piperazine rings is 1. The molecule has 3 rings (SSSR count). The van der Waals surface area contributed by atoms with Crippen molar-refractivity contribution in [2.24, 2.45) is 5.92 Å². The van der Waals surface area contributed by atoms with Crippen LogP contribution >= 0.6 is 12.4 Å². The predicted molar refractivity (Wildman–Crippen MR) is 82.9 cm³/mol. The largest absolute Gasteiger partial charge is 0.314 e. The first kappa shape index (κ1) is 16.7. The first-order chi connectivity index (χ1) is 9.66. The molecule has 1 heterocycles. The van der Waals surface area contributed by atoms with E-state index in [9.17, 15) is 8.78 Å². The summed E-state index contributed by atoms with van der Waals surface area (Å²) in [5.41, 5.74) is 0.830.